The van der Waals surface area contributed by atoms with Crippen LogP contribution in [0.3, 0.4) is 0 Å². The third-order valence-electron chi connectivity index (χ3n) is 1.56. The van der Waals surface area contributed by atoms with Crippen molar-refractivity contribution < 1.29 is 30.1 Å². The van der Waals surface area contributed by atoms with Crippen LogP contribution in [0.4, 0.5) is 0 Å². The summed E-state index contributed by atoms with van der Waals surface area (Å²) in [6, 6.07) is 0.0254. The molecule has 5 heteroatoms. The Morgan fingerprint density at radius 1 is 1.50 bits per heavy atom. The zero-order chi connectivity index (χ0) is 9.40. The maximum atomic E-state index is 9.98. The minimum absolute atomic E-state index is 0.0254. The Bertz CT molecular complexity index is 155. The monoisotopic (exact) mass is 208 g/mol. The van der Waals surface area contributed by atoms with E-state index in [1.807, 2.05) is 6.92 Å². The van der Waals surface area contributed by atoms with Gasteiger partial charge in [-0.15, -0.1) is 0 Å². The summed E-state index contributed by atoms with van der Waals surface area (Å²) in [5, 5.41) is 0. The van der Waals surface area contributed by atoms with Crippen molar-refractivity contribution in [2.75, 3.05) is 14.2 Å². The Balaban J connectivity index is 3.90. The summed E-state index contributed by atoms with van der Waals surface area (Å²) in [6.07, 6.45) is 2.39. The SMILES string of the molecule is CCC([CH2][Ti]([O]C)[O]C)N=C=O. The zero-order valence-electron chi connectivity index (χ0n) is 7.66. The molecule has 0 aromatic heterocycles. The molecule has 0 spiro atoms. The Kier molecular flexibility index (Phi) is 7.66. The van der Waals surface area contributed by atoms with Crippen molar-refractivity contribution >= 4 is 6.08 Å². The molecule has 0 aliphatic heterocycles. The molecule has 69 valence electrons. The van der Waals surface area contributed by atoms with E-state index in [9.17, 15) is 4.79 Å². The summed E-state index contributed by atoms with van der Waals surface area (Å²) < 4.78 is 11.0. The first-order chi connectivity index (χ1) is 5.78. The van der Waals surface area contributed by atoms with E-state index >= 15 is 0 Å². The van der Waals surface area contributed by atoms with Crippen LogP contribution in [0, 0.1) is 0 Å². The number of nitrogens with zero attached hydrogens (tertiary/aromatic N) is 1. The molecule has 0 bridgehead atoms. The van der Waals surface area contributed by atoms with Crippen LogP contribution in [0.25, 0.3) is 0 Å². The second-order valence-electron chi connectivity index (χ2n) is 2.27. The number of hydrogen-bond acceptors (Lipinski definition) is 4. The summed E-state index contributed by atoms with van der Waals surface area (Å²) >= 11 is -1.83. The van der Waals surface area contributed by atoms with Gasteiger partial charge in [-0.2, -0.15) is 0 Å². The molecule has 0 aromatic rings. The van der Waals surface area contributed by atoms with Gasteiger partial charge in [0.25, 0.3) is 0 Å². The molecular weight excluding hydrogens is 194 g/mol. The van der Waals surface area contributed by atoms with Gasteiger partial charge in [-0.3, -0.25) is 0 Å². The quantitative estimate of drug-likeness (QED) is 0.375. The van der Waals surface area contributed by atoms with Gasteiger partial charge in [-0.1, -0.05) is 0 Å². The zero-order valence-corrected chi connectivity index (χ0v) is 9.23. The third-order valence-corrected chi connectivity index (χ3v) is 4.24. The standard InChI is InChI=1S/C5H8NO.2CH3O.Ti/c1-3-5(2)6-4-7;2*1-2;/h5H,2-3H2,1H3;2*1H3;/q;2*-1;+2. The Hall–Kier alpha value is 0.0143. The molecule has 0 saturated carbocycles. The van der Waals surface area contributed by atoms with E-state index in [-0.39, 0.29) is 6.04 Å². The average molecular weight is 208 g/mol. The molecule has 1 unspecified atom stereocenters. The van der Waals surface area contributed by atoms with E-state index in [0.29, 0.717) is 0 Å². The van der Waals surface area contributed by atoms with Crippen LogP contribution in [-0.4, -0.2) is 26.3 Å². The van der Waals surface area contributed by atoms with E-state index < -0.39 is 18.6 Å². The molecule has 0 amide bonds. The van der Waals surface area contributed by atoms with E-state index in [2.05, 4.69) is 4.99 Å². The molecule has 0 aliphatic rings. The second-order valence-corrected chi connectivity index (χ2v) is 5.34. The van der Waals surface area contributed by atoms with Crippen LogP contribution in [0.15, 0.2) is 4.99 Å². The van der Waals surface area contributed by atoms with Gasteiger partial charge in [0, 0.05) is 0 Å². The van der Waals surface area contributed by atoms with E-state index in [4.69, 9.17) is 6.64 Å². The second kappa shape index (κ2) is 7.65. The first-order valence-electron chi connectivity index (χ1n) is 3.79. The molecule has 1 atom stereocenters. The molecule has 0 heterocycles. The molecule has 4 nitrogen and oxygen atoms in total. The predicted molar refractivity (Wildman–Crippen MR) is 41.0 cm³/mol. The number of isocyanates is 1. The van der Waals surface area contributed by atoms with Crippen LogP contribution in [0.2, 0.25) is 4.73 Å². The normalized spacial score (nSPS) is 11.9. The Morgan fingerprint density at radius 2 is 2.08 bits per heavy atom. The van der Waals surface area contributed by atoms with Crippen molar-refractivity contribution in [3.63, 3.8) is 0 Å². The van der Waals surface area contributed by atoms with Crippen LogP contribution < -0.4 is 0 Å². The molecule has 0 radical (unpaired) electrons. The molecule has 0 aliphatic carbocycles. The first kappa shape index (κ1) is 12.0. The number of aliphatic imine (C=N–C) groups is 1. The van der Waals surface area contributed by atoms with E-state index in [1.54, 1.807) is 20.3 Å². The van der Waals surface area contributed by atoms with Gasteiger partial charge < -0.3 is 0 Å². The summed E-state index contributed by atoms with van der Waals surface area (Å²) in [5.74, 6) is 0. The number of carbonyl (C=O) groups excluding carboxylic acids is 1. The predicted octanol–water partition coefficient (Wildman–Crippen LogP) is 1.26. The van der Waals surface area contributed by atoms with Crippen molar-refractivity contribution in [1.82, 2.24) is 0 Å². The van der Waals surface area contributed by atoms with Crippen molar-refractivity contribution in [2.24, 2.45) is 4.99 Å². The van der Waals surface area contributed by atoms with E-state index in [1.165, 1.54) is 0 Å². The van der Waals surface area contributed by atoms with Gasteiger partial charge in [0.1, 0.15) is 0 Å². The molecule has 0 saturated heterocycles. The molecule has 0 aromatic carbocycles. The Labute approximate surface area is 79.7 Å². The topological polar surface area (TPSA) is 47.9 Å². The van der Waals surface area contributed by atoms with Crippen molar-refractivity contribution in [3.05, 3.63) is 0 Å². The van der Waals surface area contributed by atoms with Crippen molar-refractivity contribution in [2.45, 2.75) is 24.1 Å². The molecule has 0 fully saturated rings. The maximum absolute atomic E-state index is 9.98. The first-order valence-corrected chi connectivity index (χ1v) is 6.17. The van der Waals surface area contributed by atoms with Gasteiger partial charge in [0.15, 0.2) is 0 Å². The summed E-state index contributed by atoms with van der Waals surface area (Å²) in [5.41, 5.74) is 0. The molecule has 0 N–H and O–H groups in total. The summed E-state index contributed by atoms with van der Waals surface area (Å²) in [6.45, 7) is 1.98. The van der Waals surface area contributed by atoms with Gasteiger partial charge in [0.2, 0.25) is 0 Å². The fourth-order valence-corrected chi connectivity index (χ4v) is 2.77. The summed E-state index contributed by atoms with van der Waals surface area (Å²) in [7, 11) is 3.27. The van der Waals surface area contributed by atoms with Gasteiger partial charge in [0.05, 0.1) is 0 Å². The fraction of sp³-hybridized carbons (Fsp3) is 0.857. The molecule has 12 heavy (non-hydrogen) atoms. The summed E-state index contributed by atoms with van der Waals surface area (Å²) in [4.78, 5) is 13.6. The fourth-order valence-electron chi connectivity index (χ4n) is 0.798. The van der Waals surface area contributed by atoms with Crippen LogP contribution in [-0.2, 0) is 30.1 Å². The van der Waals surface area contributed by atoms with Crippen molar-refractivity contribution in [1.29, 1.82) is 0 Å². The van der Waals surface area contributed by atoms with Gasteiger partial charge >= 0.3 is 79.5 Å². The Morgan fingerprint density at radius 3 is 2.42 bits per heavy atom. The average Bonchev–Trinajstić information content (AvgIpc) is 2.12. The third kappa shape index (κ3) is 4.80. The van der Waals surface area contributed by atoms with Crippen LogP contribution in [0.5, 0.6) is 0 Å². The minimum atomic E-state index is -1.83. The van der Waals surface area contributed by atoms with Gasteiger partial charge in [-0.05, 0) is 0 Å². The number of hydrogen-bond donors (Lipinski definition) is 0. The van der Waals surface area contributed by atoms with E-state index in [0.717, 1.165) is 11.1 Å². The van der Waals surface area contributed by atoms with Crippen LogP contribution in [0.1, 0.15) is 13.3 Å². The number of rotatable bonds is 6. The van der Waals surface area contributed by atoms with Crippen LogP contribution >= 0.6 is 0 Å². The van der Waals surface area contributed by atoms with Crippen molar-refractivity contribution in [3.8, 4) is 0 Å². The van der Waals surface area contributed by atoms with Gasteiger partial charge in [-0.25, -0.2) is 0 Å². The molecule has 0 rings (SSSR count). The molecular formula is C7H14NO3Ti.